The first kappa shape index (κ1) is 55.5. The molecule has 82 heavy (non-hydrogen) atoms. The summed E-state index contributed by atoms with van der Waals surface area (Å²) in [5.74, 6) is -5.68. The maximum Gasteiger partial charge on any atom is 0.308 e. The van der Waals surface area contributed by atoms with Gasteiger partial charge in [0.05, 0.1) is 123 Å². The standard InChI is InChI=1S/C61H86O21/c1-25-13-31-7-9-35-26(2)14-33(67-35)11-12-60-57(65)61(66)56(82-60)55-54(81-61)53(80-60)52-36(72-55)10-8-32(69-52)15-47(64)75-51-30(6)50-43(71-42(51)16-37(68-31)29(25)5)19-41-45(74-50)22-59(76-41)23-46-49(79-59)28(4)21-58(78-46)20-27(3)48-44(77-58)18-39-40(73-48)17-38(70-39)34(63)24-62/h25,27-28,30-46,48-57,62-63,65-66H,2,5,7-24H2,1,3-4,6H3/t25-,27+,28+,30+,31+,32-,33+,34-,35+,36+,37-,38-,39-,40-,41-,42+,43+,44+,45-,46+,48+,49+,50+,51-,52+,53+,54+,55?,56+,57+,58-,59+,60-,61?/m1/s1. The minimum Gasteiger partial charge on any atom is -0.459 e. The predicted octanol–water partition coefficient (Wildman–Crippen LogP) is 3.62. The zero-order chi connectivity index (χ0) is 56.1. The molecule has 0 aromatic carbocycles. The van der Waals surface area contributed by atoms with E-state index in [-0.39, 0.29) is 122 Å². The van der Waals surface area contributed by atoms with Crippen molar-refractivity contribution in [1.29, 1.82) is 0 Å². The monoisotopic (exact) mass is 1150 g/mol. The zero-order valence-corrected chi connectivity index (χ0v) is 47.7. The van der Waals surface area contributed by atoms with Crippen LogP contribution in [0.25, 0.3) is 0 Å². The molecule has 2 unspecified atom stereocenters. The van der Waals surface area contributed by atoms with E-state index in [4.69, 9.17) is 75.8 Å². The number of fused-ring (bicyclic) bond motifs is 11. The van der Waals surface area contributed by atoms with Gasteiger partial charge in [-0.1, -0.05) is 40.9 Å². The first-order valence-electron chi connectivity index (χ1n) is 31.6. The van der Waals surface area contributed by atoms with Crippen LogP contribution in [0.5, 0.6) is 0 Å². The average molecular weight is 1160 g/mol. The van der Waals surface area contributed by atoms with E-state index in [1.807, 2.05) is 0 Å². The van der Waals surface area contributed by atoms with Crippen LogP contribution in [0.4, 0.5) is 0 Å². The smallest absolute Gasteiger partial charge is 0.308 e. The summed E-state index contributed by atoms with van der Waals surface area (Å²) in [5.41, 5.74) is 2.01. The fraction of sp³-hybridized carbons (Fsp3) is 0.918. The number of hydrogen-bond donors (Lipinski definition) is 4. The minimum atomic E-state index is -2.03. The van der Waals surface area contributed by atoms with E-state index in [2.05, 4.69) is 40.9 Å². The maximum atomic E-state index is 14.6. The van der Waals surface area contributed by atoms with Crippen molar-refractivity contribution in [3.05, 3.63) is 24.3 Å². The molecule has 17 fully saturated rings. The third-order valence-corrected chi connectivity index (χ3v) is 22.9. The molecule has 21 heteroatoms. The molecule has 17 rings (SSSR count). The van der Waals surface area contributed by atoms with Crippen molar-refractivity contribution in [3.8, 4) is 0 Å². The predicted molar refractivity (Wildman–Crippen MR) is 279 cm³/mol. The number of aliphatic hydroxyl groups is 4. The average Bonchev–Trinajstić information content (AvgIpc) is 1.64. The molecule has 17 heterocycles. The second kappa shape index (κ2) is 20.1. The number of carbonyl (C=O) groups excluding carboxylic acids is 1. The lowest BCUT2D eigenvalue weighted by molar-refractivity contribution is -0.369. The summed E-state index contributed by atoms with van der Waals surface area (Å²) in [6.07, 6.45) is -3.21. The van der Waals surface area contributed by atoms with Crippen LogP contribution in [0.2, 0.25) is 0 Å². The van der Waals surface area contributed by atoms with E-state index in [1.54, 1.807) is 0 Å². The van der Waals surface area contributed by atoms with Gasteiger partial charge >= 0.3 is 5.97 Å². The summed E-state index contributed by atoms with van der Waals surface area (Å²) in [6.45, 7) is 17.4. The van der Waals surface area contributed by atoms with E-state index in [9.17, 15) is 25.2 Å². The second-order valence-corrected chi connectivity index (χ2v) is 28.4. The topological polar surface area (TPSA) is 246 Å². The van der Waals surface area contributed by atoms with Gasteiger partial charge in [-0.15, -0.1) is 0 Å². The molecule has 0 saturated carbocycles. The SMILES string of the molecule is C=C1C[C@@H]2CC[C@]34O[C@H]5[C@H]6O[C@H](CC[C@@H]6OC6[C@H]5OC(O)([C@H]3O)[C@H]6O4)CC(=O)O[C@@H]3[C@@H](C)[C@@H]4O[C@@H]5C[C@]6(C[C@@H]7O[C@]8(C[C@H](C)[C@@H]9O[C@@H]%10C[C@H]([C@H](O)CO)O[C@@H]%10C[C@@H]9O8)C[C@H](C)[C@@H]7O6)O[C@@H]5C[C@@H]4O[C@H]3C[C@H]3O[C@@H](CC[C@@H]1O2)C[C@@H](C)C3=C. The lowest BCUT2D eigenvalue weighted by Crippen LogP contribution is -2.63. The molecule has 0 aromatic heterocycles. The summed E-state index contributed by atoms with van der Waals surface area (Å²) in [6, 6.07) is 0. The molecule has 0 aliphatic carbocycles. The van der Waals surface area contributed by atoms with Crippen LogP contribution >= 0.6 is 0 Å². The van der Waals surface area contributed by atoms with E-state index < -0.39 is 108 Å². The number of carbonyl (C=O) groups is 1. The van der Waals surface area contributed by atoms with E-state index in [0.29, 0.717) is 83.5 Å². The van der Waals surface area contributed by atoms with Crippen molar-refractivity contribution in [3.63, 3.8) is 0 Å². The Bertz CT molecular complexity index is 2500. The minimum absolute atomic E-state index is 0.0316. The summed E-state index contributed by atoms with van der Waals surface area (Å²) >= 11 is 0. The molecule has 21 nitrogen and oxygen atoms in total. The van der Waals surface area contributed by atoms with Gasteiger partial charge in [-0.05, 0) is 73.8 Å². The Morgan fingerprint density at radius 3 is 2.06 bits per heavy atom. The normalized spacial score (nSPS) is 59.6. The third kappa shape index (κ3) is 8.87. The molecule has 17 aliphatic rings. The summed E-state index contributed by atoms with van der Waals surface area (Å²) < 4.78 is 109. The van der Waals surface area contributed by atoms with Crippen LogP contribution in [0.3, 0.4) is 0 Å². The van der Waals surface area contributed by atoms with Crippen molar-refractivity contribution in [1.82, 2.24) is 0 Å². The number of aliphatic hydroxyl groups excluding tert-OH is 3. The Morgan fingerprint density at radius 2 is 1.22 bits per heavy atom. The molecule has 4 N–H and O–H groups in total. The largest absolute Gasteiger partial charge is 0.459 e. The molecule has 3 spiro atoms. The van der Waals surface area contributed by atoms with Gasteiger partial charge in [0.2, 0.25) is 11.6 Å². The van der Waals surface area contributed by atoms with E-state index in [0.717, 1.165) is 24.0 Å². The number of hydrogen-bond acceptors (Lipinski definition) is 21. The van der Waals surface area contributed by atoms with Crippen LogP contribution in [0.1, 0.15) is 137 Å². The first-order chi connectivity index (χ1) is 39.3. The van der Waals surface area contributed by atoms with E-state index >= 15 is 0 Å². The van der Waals surface area contributed by atoms with Gasteiger partial charge in [0.15, 0.2) is 17.7 Å². The number of rotatable bonds is 2. The van der Waals surface area contributed by atoms with Crippen LogP contribution < -0.4 is 0 Å². The van der Waals surface area contributed by atoms with E-state index in [1.165, 1.54) is 0 Å². The van der Waals surface area contributed by atoms with Crippen molar-refractivity contribution in [2.24, 2.45) is 23.7 Å². The lowest BCUT2D eigenvalue weighted by Gasteiger charge is -2.54. The van der Waals surface area contributed by atoms with Gasteiger partial charge < -0.3 is 96.2 Å². The summed E-state index contributed by atoms with van der Waals surface area (Å²) in [5, 5.41) is 43.8. The Morgan fingerprint density at radius 1 is 0.537 bits per heavy atom. The first-order valence-corrected chi connectivity index (χ1v) is 31.6. The van der Waals surface area contributed by atoms with Crippen molar-refractivity contribution in [2.45, 2.75) is 319 Å². The van der Waals surface area contributed by atoms with Crippen molar-refractivity contribution >= 4 is 5.97 Å². The van der Waals surface area contributed by atoms with Gasteiger partial charge in [-0.25, -0.2) is 0 Å². The van der Waals surface area contributed by atoms with Crippen LogP contribution in [0, 0.1) is 23.7 Å². The van der Waals surface area contributed by atoms with Gasteiger partial charge in [0.1, 0.15) is 42.7 Å². The molecule has 12 bridgehead atoms. The van der Waals surface area contributed by atoms with Gasteiger partial charge in [-0.3, -0.25) is 4.79 Å². The van der Waals surface area contributed by atoms with Crippen LogP contribution in [0.15, 0.2) is 24.3 Å². The highest BCUT2D eigenvalue weighted by Gasteiger charge is 2.79. The van der Waals surface area contributed by atoms with Gasteiger partial charge in [0.25, 0.3) is 0 Å². The number of esters is 1. The van der Waals surface area contributed by atoms with Crippen molar-refractivity contribution < 1.29 is 101 Å². The molecule has 0 radical (unpaired) electrons. The fourth-order valence-corrected chi connectivity index (χ4v) is 18.9. The lowest BCUT2D eigenvalue weighted by atomic mass is 9.78. The molecule has 17 aliphatic heterocycles. The summed E-state index contributed by atoms with van der Waals surface area (Å²) in [4.78, 5) is 14.6. The molecule has 34 atom stereocenters. The van der Waals surface area contributed by atoms with Gasteiger partial charge in [-0.2, -0.15) is 0 Å². The molecular weight excluding hydrogens is 1070 g/mol. The Kier molecular flexibility index (Phi) is 13.6. The Balaban J connectivity index is 0.633. The second-order valence-electron chi connectivity index (χ2n) is 28.4. The highest BCUT2D eigenvalue weighted by atomic mass is 16.8. The molecule has 0 amide bonds. The Labute approximate surface area is 478 Å². The quantitative estimate of drug-likeness (QED) is 0.228. The zero-order valence-electron chi connectivity index (χ0n) is 47.7. The van der Waals surface area contributed by atoms with Crippen LogP contribution in [-0.2, 0) is 80.6 Å². The number of ether oxygens (including phenoxy) is 16. The van der Waals surface area contributed by atoms with Gasteiger partial charge in [0, 0.05) is 63.7 Å². The molecule has 17 saturated heterocycles. The van der Waals surface area contributed by atoms with Crippen molar-refractivity contribution in [2.75, 3.05) is 6.61 Å². The summed E-state index contributed by atoms with van der Waals surface area (Å²) in [7, 11) is 0. The Hall–Kier alpha value is -1.81. The molecule has 456 valence electrons. The molecule has 0 aromatic rings. The fourth-order valence-electron chi connectivity index (χ4n) is 18.9. The maximum absolute atomic E-state index is 14.6. The highest BCUT2D eigenvalue weighted by Crippen LogP contribution is 2.60. The third-order valence-electron chi connectivity index (χ3n) is 22.9. The van der Waals surface area contributed by atoms with Crippen LogP contribution in [-0.4, -0.2) is 215 Å². The highest BCUT2D eigenvalue weighted by molar-refractivity contribution is 5.70. The molecular formula is C61H86O21.